The van der Waals surface area contributed by atoms with Crippen molar-refractivity contribution >= 4 is 32.3 Å². The molecule has 0 bridgehead atoms. The minimum atomic E-state index is 0. The van der Waals surface area contributed by atoms with Gasteiger partial charge in [-0.05, 0) is 27.6 Å². The zero-order valence-electron chi connectivity index (χ0n) is 14.3. The van der Waals surface area contributed by atoms with E-state index in [4.69, 9.17) is 4.98 Å². The number of fused-ring (bicyclic) bond motifs is 4. The van der Waals surface area contributed by atoms with Gasteiger partial charge in [-0.25, -0.2) is 0 Å². The fraction of sp³-hybridized carbons (Fsp3) is 0.0417. The van der Waals surface area contributed by atoms with E-state index in [-0.39, 0.29) is 20.1 Å². The SMILES string of the molecule is Cc1cc2ccccc2[c-]c1-c1nccc2c1ccc1ccccc12.[Ir]. The van der Waals surface area contributed by atoms with E-state index in [9.17, 15) is 0 Å². The van der Waals surface area contributed by atoms with Gasteiger partial charge in [0.25, 0.3) is 0 Å². The van der Waals surface area contributed by atoms with Gasteiger partial charge in [-0.3, -0.25) is 4.98 Å². The van der Waals surface area contributed by atoms with Gasteiger partial charge in [-0.1, -0.05) is 72.5 Å². The van der Waals surface area contributed by atoms with Crippen LogP contribution in [0.4, 0.5) is 0 Å². The Kier molecular flexibility index (Phi) is 4.32. The average Bonchev–Trinajstić information content (AvgIpc) is 2.67. The van der Waals surface area contributed by atoms with Crippen molar-refractivity contribution < 1.29 is 20.1 Å². The topological polar surface area (TPSA) is 12.9 Å². The summed E-state index contributed by atoms with van der Waals surface area (Å²) in [6.45, 7) is 2.14. The molecule has 0 unspecified atom stereocenters. The Morgan fingerprint density at radius 2 is 1.50 bits per heavy atom. The van der Waals surface area contributed by atoms with Gasteiger partial charge in [0.15, 0.2) is 0 Å². The molecule has 0 saturated heterocycles. The molecule has 5 aromatic rings. The van der Waals surface area contributed by atoms with Crippen LogP contribution in [0.2, 0.25) is 0 Å². The molecular formula is C24H16IrN-. The molecule has 0 aliphatic heterocycles. The van der Waals surface area contributed by atoms with Crippen LogP contribution in [-0.2, 0) is 20.1 Å². The number of aromatic nitrogens is 1. The molecule has 0 atom stereocenters. The van der Waals surface area contributed by atoms with Crippen molar-refractivity contribution in [3.63, 3.8) is 0 Å². The third kappa shape index (κ3) is 2.63. The molecule has 0 fully saturated rings. The summed E-state index contributed by atoms with van der Waals surface area (Å²) in [6.07, 6.45) is 1.91. The Labute approximate surface area is 166 Å². The Morgan fingerprint density at radius 1 is 0.731 bits per heavy atom. The Bertz CT molecular complexity index is 1260. The first-order chi connectivity index (χ1) is 12.3. The zero-order chi connectivity index (χ0) is 16.8. The van der Waals surface area contributed by atoms with Gasteiger partial charge in [0.1, 0.15) is 0 Å². The summed E-state index contributed by atoms with van der Waals surface area (Å²) in [4.78, 5) is 4.72. The van der Waals surface area contributed by atoms with E-state index in [1.54, 1.807) is 0 Å². The van der Waals surface area contributed by atoms with Gasteiger partial charge >= 0.3 is 0 Å². The smallest absolute Gasteiger partial charge is 0.0189 e. The van der Waals surface area contributed by atoms with E-state index in [0.29, 0.717) is 0 Å². The first-order valence-corrected chi connectivity index (χ1v) is 8.50. The molecule has 1 aromatic heterocycles. The maximum absolute atomic E-state index is 4.72. The minimum Gasteiger partial charge on any atom is -0.294 e. The Morgan fingerprint density at radius 3 is 2.38 bits per heavy atom. The number of pyridine rings is 1. The summed E-state index contributed by atoms with van der Waals surface area (Å²) in [5.41, 5.74) is 3.29. The fourth-order valence-corrected chi connectivity index (χ4v) is 3.66. The van der Waals surface area contributed by atoms with Crippen LogP contribution in [0.1, 0.15) is 5.56 Å². The molecule has 26 heavy (non-hydrogen) atoms. The molecule has 1 radical (unpaired) electrons. The summed E-state index contributed by atoms with van der Waals surface area (Å²) in [5.74, 6) is 0. The average molecular weight is 511 g/mol. The second kappa shape index (κ2) is 6.64. The van der Waals surface area contributed by atoms with Gasteiger partial charge < -0.3 is 0 Å². The molecule has 0 saturated carbocycles. The molecule has 1 nitrogen and oxygen atoms in total. The van der Waals surface area contributed by atoms with Crippen molar-refractivity contribution in [2.75, 3.05) is 0 Å². The number of aryl methyl sites for hydroxylation is 1. The first kappa shape index (κ1) is 16.9. The van der Waals surface area contributed by atoms with Crippen LogP contribution in [0.3, 0.4) is 0 Å². The molecule has 0 aliphatic rings. The molecule has 4 aromatic carbocycles. The van der Waals surface area contributed by atoms with Crippen LogP contribution in [0, 0.1) is 13.0 Å². The summed E-state index contributed by atoms with van der Waals surface area (Å²) >= 11 is 0. The summed E-state index contributed by atoms with van der Waals surface area (Å²) < 4.78 is 0. The van der Waals surface area contributed by atoms with Crippen molar-refractivity contribution in [3.8, 4) is 11.3 Å². The van der Waals surface area contributed by atoms with Crippen LogP contribution in [0.25, 0.3) is 43.6 Å². The molecule has 0 aliphatic carbocycles. The standard InChI is InChI=1S/C24H16N.Ir/c1-16-14-18-7-2-3-8-19(18)15-23(16)24-22-11-10-17-6-4-5-9-20(17)21(22)12-13-25-24;/h2-14H,1H3;/q-1;. The number of nitrogens with zero attached hydrogens (tertiary/aromatic N) is 1. The second-order valence-corrected chi connectivity index (χ2v) is 6.46. The Hall–Kier alpha value is -2.54. The molecule has 5 rings (SSSR count). The molecule has 0 amide bonds. The van der Waals surface area contributed by atoms with E-state index in [1.807, 2.05) is 6.20 Å². The summed E-state index contributed by atoms with van der Waals surface area (Å²) in [6, 6.07) is 29.2. The van der Waals surface area contributed by atoms with Crippen LogP contribution in [0.5, 0.6) is 0 Å². The number of rotatable bonds is 1. The molecule has 2 heteroatoms. The predicted molar refractivity (Wildman–Crippen MR) is 106 cm³/mol. The van der Waals surface area contributed by atoms with Crippen molar-refractivity contribution in [1.29, 1.82) is 0 Å². The Balaban J connectivity index is 0.00000168. The van der Waals surface area contributed by atoms with Crippen LogP contribution in [-0.4, -0.2) is 4.98 Å². The molecular weight excluding hydrogens is 494 g/mol. The van der Waals surface area contributed by atoms with Crippen LogP contribution in [0.15, 0.2) is 79.0 Å². The quantitative estimate of drug-likeness (QED) is 0.190. The van der Waals surface area contributed by atoms with Crippen molar-refractivity contribution in [2.24, 2.45) is 0 Å². The van der Waals surface area contributed by atoms with Crippen molar-refractivity contribution in [2.45, 2.75) is 6.92 Å². The largest absolute Gasteiger partial charge is 0.294 e. The number of benzene rings is 4. The van der Waals surface area contributed by atoms with Gasteiger partial charge in [0.2, 0.25) is 0 Å². The third-order valence-electron chi connectivity index (χ3n) is 4.89. The van der Waals surface area contributed by atoms with Crippen LogP contribution >= 0.6 is 0 Å². The van der Waals surface area contributed by atoms with E-state index < -0.39 is 0 Å². The van der Waals surface area contributed by atoms with Gasteiger partial charge in [0, 0.05) is 32.0 Å². The van der Waals surface area contributed by atoms with Gasteiger partial charge in [0.05, 0.1) is 0 Å². The van der Waals surface area contributed by atoms with Crippen molar-refractivity contribution in [3.05, 3.63) is 90.6 Å². The second-order valence-electron chi connectivity index (χ2n) is 6.46. The normalized spacial score (nSPS) is 11.0. The molecule has 0 N–H and O–H groups in total. The molecule has 0 spiro atoms. The minimum absolute atomic E-state index is 0. The first-order valence-electron chi connectivity index (χ1n) is 8.50. The van der Waals surface area contributed by atoms with E-state index in [0.717, 1.165) is 16.6 Å². The fourth-order valence-electron chi connectivity index (χ4n) is 3.66. The maximum atomic E-state index is 4.72. The van der Waals surface area contributed by atoms with Crippen molar-refractivity contribution in [1.82, 2.24) is 4.98 Å². The maximum Gasteiger partial charge on any atom is 0.0189 e. The number of hydrogen-bond donors (Lipinski definition) is 0. The number of hydrogen-bond acceptors (Lipinski definition) is 1. The molecule has 127 valence electrons. The predicted octanol–water partition coefficient (Wildman–Crippen LogP) is 6.31. The zero-order valence-corrected chi connectivity index (χ0v) is 16.7. The summed E-state index contributed by atoms with van der Waals surface area (Å²) in [5, 5.41) is 7.28. The molecule has 1 heterocycles. The van der Waals surface area contributed by atoms with E-state index in [2.05, 4.69) is 85.8 Å². The van der Waals surface area contributed by atoms with E-state index in [1.165, 1.54) is 32.5 Å². The third-order valence-corrected chi connectivity index (χ3v) is 4.89. The van der Waals surface area contributed by atoms with Gasteiger partial charge in [-0.2, -0.15) is 0 Å². The van der Waals surface area contributed by atoms with E-state index >= 15 is 0 Å². The van der Waals surface area contributed by atoms with Crippen LogP contribution < -0.4 is 0 Å². The summed E-state index contributed by atoms with van der Waals surface area (Å²) in [7, 11) is 0. The monoisotopic (exact) mass is 511 g/mol. The van der Waals surface area contributed by atoms with Gasteiger partial charge in [-0.15, -0.1) is 29.1 Å².